The quantitative estimate of drug-likeness (QED) is 0.181. The number of rotatable bonds is 4. The van der Waals surface area contributed by atoms with E-state index in [0.717, 1.165) is 68.6 Å². The van der Waals surface area contributed by atoms with E-state index in [-0.39, 0.29) is 5.41 Å². The summed E-state index contributed by atoms with van der Waals surface area (Å²) < 4.78 is 11.7. The van der Waals surface area contributed by atoms with Gasteiger partial charge < -0.3 is 8.98 Å². The Kier molecular flexibility index (Phi) is 6.16. The molecule has 4 fully saturated rings. The Hall–Kier alpha value is -5.85. The lowest BCUT2D eigenvalue weighted by Gasteiger charge is -2.56. The molecule has 5 nitrogen and oxygen atoms in total. The largest absolute Gasteiger partial charge is 0.455 e. The lowest BCUT2D eigenvalue weighted by atomic mass is 9.49. The fraction of sp³-hybridized carbons (Fsp3) is 0.204. The van der Waals surface area contributed by atoms with Crippen molar-refractivity contribution in [1.82, 2.24) is 19.5 Å². The molecule has 4 heterocycles. The molecular formula is C49H36N4OS. The Morgan fingerprint density at radius 1 is 0.582 bits per heavy atom. The van der Waals surface area contributed by atoms with Gasteiger partial charge in [-0.05, 0) is 86.6 Å². The van der Waals surface area contributed by atoms with E-state index in [4.69, 9.17) is 19.4 Å². The van der Waals surface area contributed by atoms with Gasteiger partial charge in [-0.1, -0.05) is 97.1 Å². The van der Waals surface area contributed by atoms with E-state index in [2.05, 4.69) is 132 Å². The maximum Gasteiger partial charge on any atom is 0.163 e. The molecular weight excluding hydrogens is 693 g/mol. The summed E-state index contributed by atoms with van der Waals surface area (Å²) in [7, 11) is 0. The van der Waals surface area contributed by atoms with Crippen LogP contribution in [0.2, 0.25) is 0 Å². The molecule has 4 saturated carbocycles. The molecule has 4 aliphatic rings. The summed E-state index contributed by atoms with van der Waals surface area (Å²) in [5.74, 6) is 4.95. The number of thiophene rings is 1. The molecule has 0 N–H and O–H groups in total. The average molecular weight is 729 g/mol. The second-order valence-electron chi connectivity index (χ2n) is 16.6. The summed E-state index contributed by atoms with van der Waals surface area (Å²) in [6, 6.07) is 45.5. The molecule has 55 heavy (non-hydrogen) atoms. The molecule has 264 valence electrons. The van der Waals surface area contributed by atoms with Crippen molar-refractivity contribution in [2.24, 2.45) is 17.8 Å². The average Bonchev–Trinajstić information content (AvgIpc) is 3.91. The van der Waals surface area contributed by atoms with Gasteiger partial charge in [0.05, 0.1) is 15.7 Å². The Bertz CT molecular complexity index is 3170. The molecule has 14 rings (SSSR count). The molecule has 6 heteroatoms. The number of hydrogen-bond donors (Lipinski definition) is 0. The van der Waals surface area contributed by atoms with E-state index in [0.29, 0.717) is 0 Å². The van der Waals surface area contributed by atoms with Gasteiger partial charge >= 0.3 is 0 Å². The second kappa shape index (κ2) is 11.1. The van der Waals surface area contributed by atoms with E-state index >= 15 is 0 Å². The van der Waals surface area contributed by atoms with Crippen molar-refractivity contribution in [2.45, 2.75) is 43.9 Å². The normalized spacial score (nSPS) is 22.0. The molecule has 0 unspecified atom stereocenters. The standard InChI is InChI=1S/C49H36N4OS/c1-2-11-31(12-3-1)46-50-47(52-48(51-46)49-25-28-21-29(26-49)23-30(22-28)27-49)32-13-10-14-33(24-32)53-37-18-7-4-15-34(37)40-41-35-16-5-8-19-38(35)54-44(41)45-42(43(40)53)36-17-6-9-20-39(36)55-45/h1-20,24,28-30H,21-23,25-27H2. The van der Waals surface area contributed by atoms with Crippen LogP contribution in [0.1, 0.15) is 44.3 Å². The van der Waals surface area contributed by atoms with Crippen LogP contribution in [0.3, 0.4) is 0 Å². The molecule has 6 aromatic carbocycles. The van der Waals surface area contributed by atoms with Gasteiger partial charge in [0.1, 0.15) is 11.4 Å². The topological polar surface area (TPSA) is 56.7 Å². The Morgan fingerprint density at radius 3 is 2.04 bits per heavy atom. The zero-order valence-electron chi connectivity index (χ0n) is 30.2. The number of hydrogen-bond acceptors (Lipinski definition) is 5. The summed E-state index contributed by atoms with van der Waals surface area (Å²) in [5.41, 5.74) is 7.45. The molecule has 0 amide bonds. The van der Waals surface area contributed by atoms with Crippen molar-refractivity contribution in [3.8, 4) is 28.5 Å². The predicted octanol–water partition coefficient (Wildman–Crippen LogP) is 13.0. The van der Waals surface area contributed by atoms with Gasteiger partial charge in [-0.15, -0.1) is 11.3 Å². The van der Waals surface area contributed by atoms with Crippen LogP contribution in [-0.4, -0.2) is 19.5 Å². The highest BCUT2D eigenvalue weighted by molar-refractivity contribution is 7.26. The molecule has 4 bridgehead atoms. The molecule has 10 aromatic rings. The van der Waals surface area contributed by atoms with Crippen LogP contribution in [0.15, 0.2) is 132 Å². The smallest absolute Gasteiger partial charge is 0.163 e. The lowest BCUT2D eigenvalue weighted by Crippen LogP contribution is -2.49. The molecule has 4 aromatic heterocycles. The molecule has 0 aliphatic heterocycles. The SMILES string of the molecule is c1ccc(-c2nc(-c3cccc(-n4c5ccccc5c5c6c7ccccc7oc6c6sc7ccccc7c6c54)c3)nc(C34CC5CC(CC(C5)C3)C4)n2)cc1. The summed E-state index contributed by atoms with van der Waals surface area (Å²) >= 11 is 1.83. The first-order chi connectivity index (χ1) is 27.2. The fourth-order valence-electron chi connectivity index (χ4n) is 11.5. The van der Waals surface area contributed by atoms with Crippen LogP contribution in [0.4, 0.5) is 0 Å². The first-order valence-electron chi connectivity index (χ1n) is 19.8. The molecule has 0 spiro atoms. The van der Waals surface area contributed by atoms with E-state index in [1.54, 1.807) is 0 Å². The third kappa shape index (κ3) is 4.32. The van der Waals surface area contributed by atoms with Gasteiger partial charge in [-0.2, -0.15) is 0 Å². The summed E-state index contributed by atoms with van der Waals surface area (Å²) in [4.78, 5) is 16.1. The maximum atomic E-state index is 6.77. The summed E-state index contributed by atoms with van der Waals surface area (Å²) in [6.07, 6.45) is 7.78. The van der Waals surface area contributed by atoms with Gasteiger partial charge in [0, 0.05) is 59.2 Å². The second-order valence-corrected chi connectivity index (χ2v) is 17.7. The number of para-hydroxylation sites is 2. The van der Waals surface area contributed by atoms with E-state index in [9.17, 15) is 0 Å². The van der Waals surface area contributed by atoms with Crippen molar-refractivity contribution >= 4 is 75.3 Å². The molecule has 0 atom stereocenters. The van der Waals surface area contributed by atoms with Gasteiger partial charge in [-0.25, -0.2) is 15.0 Å². The predicted molar refractivity (Wildman–Crippen MR) is 225 cm³/mol. The van der Waals surface area contributed by atoms with Gasteiger partial charge in [0.2, 0.25) is 0 Å². The van der Waals surface area contributed by atoms with Crippen LogP contribution in [0.25, 0.3) is 92.4 Å². The Morgan fingerprint density at radius 2 is 1.24 bits per heavy atom. The lowest BCUT2D eigenvalue weighted by molar-refractivity contribution is -0.00938. The van der Waals surface area contributed by atoms with Gasteiger partial charge in [0.25, 0.3) is 0 Å². The Balaban J connectivity index is 1.09. The minimum atomic E-state index is 0.0464. The van der Waals surface area contributed by atoms with Gasteiger partial charge in [-0.3, -0.25) is 0 Å². The van der Waals surface area contributed by atoms with E-state index < -0.39 is 0 Å². The number of fused-ring (bicyclic) bond motifs is 12. The number of nitrogens with zero attached hydrogens (tertiary/aromatic N) is 4. The number of furan rings is 1. The van der Waals surface area contributed by atoms with E-state index in [1.165, 1.54) is 85.9 Å². The minimum absolute atomic E-state index is 0.0464. The van der Waals surface area contributed by atoms with Crippen molar-refractivity contribution in [3.05, 3.63) is 133 Å². The molecule has 0 radical (unpaired) electrons. The zero-order chi connectivity index (χ0) is 35.8. The zero-order valence-corrected chi connectivity index (χ0v) is 31.0. The van der Waals surface area contributed by atoms with Crippen LogP contribution < -0.4 is 0 Å². The first kappa shape index (κ1) is 30.5. The van der Waals surface area contributed by atoms with Crippen molar-refractivity contribution in [2.75, 3.05) is 0 Å². The van der Waals surface area contributed by atoms with Crippen molar-refractivity contribution in [3.63, 3.8) is 0 Å². The third-order valence-electron chi connectivity index (χ3n) is 13.3. The summed E-state index contributed by atoms with van der Waals surface area (Å²) in [5, 5.41) is 7.26. The molecule has 4 aliphatic carbocycles. The first-order valence-corrected chi connectivity index (χ1v) is 20.6. The van der Waals surface area contributed by atoms with Crippen molar-refractivity contribution < 1.29 is 4.42 Å². The highest BCUT2D eigenvalue weighted by Gasteiger charge is 2.53. The third-order valence-corrected chi connectivity index (χ3v) is 14.5. The highest BCUT2D eigenvalue weighted by atomic mass is 32.1. The van der Waals surface area contributed by atoms with Crippen LogP contribution in [-0.2, 0) is 5.41 Å². The minimum Gasteiger partial charge on any atom is -0.455 e. The highest BCUT2D eigenvalue weighted by Crippen LogP contribution is 2.60. The number of aromatic nitrogens is 4. The summed E-state index contributed by atoms with van der Waals surface area (Å²) in [6.45, 7) is 0. The van der Waals surface area contributed by atoms with Crippen LogP contribution in [0.5, 0.6) is 0 Å². The monoisotopic (exact) mass is 728 g/mol. The van der Waals surface area contributed by atoms with Crippen LogP contribution >= 0.6 is 11.3 Å². The molecule has 0 saturated heterocycles. The van der Waals surface area contributed by atoms with E-state index in [1.807, 2.05) is 11.3 Å². The van der Waals surface area contributed by atoms with Crippen LogP contribution in [0, 0.1) is 17.8 Å². The maximum absolute atomic E-state index is 6.77. The number of benzene rings is 6. The van der Waals surface area contributed by atoms with Crippen molar-refractivity contribution in [1.29, 1.82) is 0 Å². The fourth-order valence-corrected chi connectivity index (χ4v) is 12.7. The Labute approximate surface area is 321 Å². The van der Waals surface area contributed by atoms with Gasteiger partial charge in [0.15, 0.2) is 17.2 Å².